The molecule has 0 N–H and O–H groups in total. The summed E-state index contributed by atoms with van der Waals surface area (Å²) in [6.45, 7) is 21.3. The summed E-state index contributed by atoms with van der Waals surface area (Å²) in [6.07, 6.45) is 16.8. The van der Waals surface area contributed by atoms with E-state index in [1.807, 2.05) is 0 Å². The number of rotatable bonds is 11. The van der Waals surface area contributed by atoms with Crippen molar-refractivity contribution in [2.75, 3.05) is 0 Å². The molecule has 0 nitrogen and oxygen atoms in total. The fourth-order valence-corrected chi connectivity index (χ4v) is 6.09. The van der Waals surface area contributed by atoms with E-state index in [0.717, 1.165) is 29.6 Å². The zero-order valence-corrected chi connectivity index (χ0v) is 19.9. The minimum Gasteiger partial charge on any atom is -0.0993 e. The van der Waals surface area contributed by atoms with Crippen LogP contribution in [0.1, 0.15) is 112 Å². The lowest BCUT2D eigenvalue weighted by Crippen LogP contribution is -2.36. The molecule has 0 aromatic rings. The molecular formula is C28H50. The second kappa shape index (κ2) is 11.6. The Kier molecular flexibility index (Phi) is 9.85. The number of allylic oxidation sites excluding steroid dienone is 2. The highest BCUT2D eigenvalue weighted by Crippen LogP contribution is 2.51. The maximum absolute atomic E-state index is 4.63. The first-order chi connectivity index (χ1) is 13.3. The van der Waals surface area contributed by atoms with Crippen LogP contribution in [0.2, 0.25) is 0 Å². The lowest BCUT2D eigenvalue weighted by molar-refractivity contribution is 0.204. The zero-order chi connectivity index (χ0) is 20.7. The summed E-state index contributed by atoms with van der Waals surface area (Å²) in [7, 11) is 0. The topological polar surface area (TPSA) is 0 Å². The average molecular weight is 387 g/mol. The Hall–Kier alpha value is -0.520. The van der Waals surface area contributed by atoms with Crippen LogP contribution >= 0.6 is 0 Å². The standard InChI is InChI=1S/C28H50/c1-20(2)12-10-13-21(3)14-11-15-22(4)18-19-26-23(5)24(6)27-16-8-9-17-28(27)25(26)7/h20-23,26-28H,6-19H2,1-5H3. The Morgan fingerprint density at radius 3 is 1.82 bits per heavy atom. The molecule has 0 aliphatic heterocycles. The normalized spacial score (nSPS) is 30.4. The predicted molar refractivity (Wildman–Crippen MR) is 126 cm³/mol. The van der Waals surface area contributed by atoms with Crippen molar-refractivity contribution in [3.05, 3.63) is 24.3 Å². The fourth-order valence-electron chi connectivity index (χ4n) is 6.09. The van der Waals surface area contributed by atoms with E-state index in [4.69, 9.17) is 0 Å². The third-order valence-corrected chi connectivity index (χ3v) is 8.23. The van der Waals surface area contributed by atoms with Crippen molar-refractivity contribution in [3.63, 3.8) is 0 Å². The summed E-state index contributed by atoms with van der Waals surface area (Å²) in [5.74, 6) is 5.50. The molecule has 0 heteroatoms. The van der Waals surface area contributed by atoms with Crippen molar-refractivity contribution in [2.45, 2.75) is 112 Å². The van der Waals surface area contributed by atoms with Crippen LogP contribution in [0.5, 0.6) is 0 Å². The molecule has 0 heterocycles. The molecule has 162 valence electrons. The Morgan fingerprint density at radius 1 is 0.750 bits per heavy atom. The van der Waals surface area contributed by atoms with E-state index in [9.17, 15) is 0 Å². The summed E-state index contributed by atoms with van der Waals surface area (Å²) >= 11 is 0. The lowest BCUT2D eigenvalue weighted by Gasteiger charge is -2.46. The summed E-state index contributed by atoms with van der Waals surface area (Å²) < 4.78 is 0. The summed E-state index contributed by atoms with van der Waals surface area (Å²) in [4.78, 5) is 0. The van der Waals surface area contributed by atoms with Gasteiger partial charge in [0.15, 0.2) is 0 Å². The first kappa shape index (κ1) is 23.8. The van der Waals surface area contributed by atoms with Crippen molar-refractivity contribution in [3.8, 4) is 0 Å². The van der Waals surface area contributed by atoms with Gasteiger partial charge in [-0.3, -0.25) is 0 Å². The number of fused-ring (bicyclic) bond motifs is 1. The summed E-state index contributed by atoms with van der Waals surface area (Å²) in [5.41, 5.74) is 3.15. The molecule has 2 rings (SSSR count). The molecule has 28 heavy (non-hydrogen) atoms. The van der Waals surface area contributed by atoms with E-state index in [1.165, 1.54) is 77.0 Å². The monoisotopic (exact) mass is 386 g/mol. The molecule has 0 radical (unpaired) electrons. The summed E-state index contributed by atoms with van der Waals surface area (Å²) in [6, 6.07) is 0. The van der Waals surface area contributed by atoms with Gasteiger partial charge in [0.1, 0.15) is 0 Å². The molecule has 0 saturated heterocycles. The Bertz CT molecular complexity index is 484. The average Bonchev–Trinajstić information content (AvgIpc) is 2.66. The highest BCUT2D eigenvalue weighted by Gasteiger charge is 2.40. The molecule has 2 aliphatic carbocycles. The van der Waals surface area contributed by atoms with Crippen molar-refractivity contribution in [1.82, 2.24) is 0 Å². The summed E-state index contributed by atoms with van der Waals surface area (Å²) in [5, 5.41) is 0. The van der Waals surface area contributed by atoms with Crippen LogP contribution in [0.4, 0.5) is 0 Å². The number of hydrogen-bond acceptors (Lipinski definition) is 0. The Morgan fingerprint density at radius 2 is 1.25 bits per heavy atom. The van der Waals surface area contributed by atoms with E-state index in [-0.39, 0.29) is 0 Å². The maximum atomic E-state index is 4.63. The van der Waals surface area contributed by atoms with Gasteiger partial charge < -0.3 is 0 Å². The molecule has 2 aliphatic rings. The van der Waals surface area contributed by atoms with Crippen LogP contribution in [0.3, 0.4) is 0 Å². The van der Waals surface area contributed by atoms with Gasteiger partial charge in [-0.15, -0.1) is 0 Å². The van der Waals surface area contributed by atoms with E-state index in [0.29, 0.717) is 11.8 Å². The third-order valence-electron chi connectivity index (χ3n) is 8.23. The van der Waals surface area contributed by atoms with Crippen molar-refractivity contribution < 1.29 is 0 Å². The van der Waals surface area contributed by atoms with Gasteiger partial charge in [-0.05, 0) is 60.7 Å². The first-order valence-corrected chi connectivity index (χ1v) is 12.7. The van der Waals surface area contributed by atoms with Gasteiger partial charge in [0.2, 0.25) is 0 Å². The molecule has 6 unspecified atom stereocenters. The van der Waals surface area contributed by atoms with Gasteiger partial charge in [0, 0.05) is 0 Å². The van der Waals surface area contributed by atoms with Crippen molar-refractivity contribution >= 4 is 0 Å². The van der Waals surface area contributed by atoms with Gasteiger partial charge in [-0.1, -0.05) is 117 Å². The zero-order valence-electron chi connectivity index (χ0n) is 19.9. The van der Waals surface area contributed by atoms with Crippen LogP contribution in [0.25, 0.3) is 0 Å². The molecule has 0 spiro atoms. The van der Waals surface area contributed by atoms with E-state index in [2.05, 4.69) is 47.8 Å². The van der Waals surface area contributed by atoms with Crippen LogP contribution < -0.4 is 0 Å². The molecule has 2 fully saturated rings. The molecule has 0 aromatic carbocycles. The van der Waals surface area contributed by atoms with Crippen LogP contribution in [-0.4, -0.2) is 0 Å². The molecule has 2 saturated carbocycles. The van der Waals surface area contributed by atoms with E-state index in [1.54, 1.807) is 11.1 Å². The van der Waals surface area contributed by atoms with Gasteiger partial charge in [-0.25, -0.2) is 0 Å². The molecule has 0 amide bonds. The maximum Gasteiger partial charge on any atom is -0.0137 e. The molecular weight excluding hydrogens is 336 g/mol. The second-order valence-electron chi connectivity index (χ2n) is 11.1. The van der Waals surface area contributed by atoms with Gasteiger partial charge in [0.05, 0.1) is 0 Å². The molecule has 0 aromatic heterocycles. The highest BCUT2D eigenvalue weighted by molar-refractivity contribution is 5.26. The van der Waals surface area contributed by atoms with E-state index >= 15 is 0 Å². The van der Waals surface area contributed by atoms with Crippen molar-refractivity contribution in [1.29, 1.82) is 0 Å². The highest BCUT2D eigenvalue weighted by atomic mass is 14.5. The van der Waals surface area contributed by atoms with Gasteiger partial charge >= 0.3 is 0 Å². The predicted octanol–water partition coefficient (Wildman–Crippen LogP) is 9.22. The van der Waals surface area contributed by atoms with Crippen LogP contribution in [0, 0.1) is 41.4 Å². The Labute approximate surface area is 177 Å². The third kappa shape index (κ3) is 6.77. The molecule has 0 bridgehead atoms. The molecule has 6 atom stereocenters. The quantitative estimate of drug-likeness (QED) is 0.310. The van der Waals surface area contributed by atoms with Crippen LogP contribution in [0.15, 0.2) is 24.3 Å². The minimum absolute atomic E-state index is 0.653. The smallest absolute Gasteiger partial charge is 0.0137 e. The second-order valence-corrected chi connectivity index (χ2v) is 11.1. The first-order valence-electron chi connectivity index (χ1n) is 12.7. The minimum atomic E-state index is 0.653. The van der Waals surface area contributed by atoms with Crippen LogP contribution in [-0.2, 0) is 0 Å². The van der Waals surface area contributed by atoms with Gasteiger partial charge in [0.25, 0.3) is 0 Å². The van der Waals surface area contributed by atoms with Gasteiger partial charge in [-0.2, -0.15) is 0 Å². The van der Waals surface area contributed by atoms with Crippen molar-refractivity contribution in [2.24, 2.45) is 41.4 Å². The lowest BCUT2D eigenvalue weighted by atomic mass is 9.58. The Balaban J connectivity index is 1.69. The van der Waals surface area contributed by atoms with E-state index < -0.39 is 0 Å². The fraction of sp³-hybridized carbons (Fsp3) is 0.857. The SMILES string of the molecule is C=C1C(C)C(CCC(C)CCCC(C)CCCC(C)C)C(=C)C2CCCCC12. The number of hydrogen-bond donors (Lipinski definition) is 0. The largest absolute Gasteiger partial charge is 0.0993 e.